The van der Waals surface area contributed by atoms with Crippen molar-refractivity contribution in [1.82, 2.24) is 9.88 Å². The topological polar surface area (TPSA) is 78.8 Å². The fourth-order valence-corrected chi connectivity index (χ4v) is 2.55. The molecule has 0 radical (unpaired) electrons. The Morgan fingerprint density at radius 2 is 1.88 bits per heavy atom. The molecule has 0 saturated heterocycles. The zero-order chi connectivity index (χ0) is 18.4. The number of carbonyl (C=O) groups excluding carboxylic acids is 1. The number of rotatable bonds is 7. The highest BCUT2D eigenvalue weighted by atomic mass is 16.5. The first kappa shape index (κ1) is 18.4. The Labute approximate surface area is 146 Å². The smallest absolute Gasteiger partial charge is 0.255 e. The summed E-state index contributed by atoms with van der Waals surface area (Å²) in [5.74, 6) is 1.08. The van der Waals surface area contributed by atoms with Crippen LogP contribution in [-0.4, -0.2) is 38.3 Å². The molecule has 0 aliphatic heterocycles. The lowest BCUT2D eigenvalue weighted by Crippen LogP contribution is -2.31. The van der Waals surface area contributed by atoms with Crippen LogP contribution in [0.25, 0.3) is 0 Å². The van der Waals surface area contributed by atoms with Crippen molar-refractivity contribution < 1.29 is 19.0 Å². The number of carbonyl (C=O) groups is 1. The molecule has 1 aromatic heterocycles. The zero-order valence-corrected chi connectivity index (χ0v) is 14.8. The number of methoxy groups -OCH3 is 3. The Bertz CT molecular complexity index is 814. The van der Waals surface area contributed by atoms with Gasteiger partial charge in [-0.1, -0.05) is 6.07 Å². The van der Waals surface area contributed by atoms with Crippen molar-refractivity contribution in [3.8, 4) is 17.2 Å². The number of hydrogen-bond donors (Lipinski definition) is 1. The molecule has 0 bridgehead atoms. The number of aryl methyl sites for hydroxylation is 1. The van der Waals surface area contributed by atoms with Gasteiger partial charge in [-0.05, 0) is 25.1 Å². The van der Waals surface area contributed by atoms with Crippen LogP contribution in [0.3, 0.4) is 0 Å². The Kier molecular flexibility index (Phi) is 6.05. The molecule has 1 N–H and O–H groups in total. The minimum absolute atomic E-state index is 0.176. The van der Waals surface area contributed by atoms with Crippen molar-refractivity contribution in [3.63, 3.8) is 0 Å². The van der Waals surface area contributed by atoms with Gasteiger partial charge in [0.1, 0.15) is 5.75 Å². The summed E-state index contributed by atoms with van der Waals surface area (Å²) in [6.45, 7) is 2.47. The molecule has 25 heavy (non-hydrogen) atoms. The molecule has 0 unspecified atom stereocenters. The van der Waals surface area contributed by atoms with Gasteiger partial charge in [-0.25, -0.2) is 0 Å². The number of nitrogens with one attached hydrogen (secondary N) is 1. The van der Waals surface area contributed by atoms with Crippen LogP contribution in [0.15, 0.2) is 35.1 Å². The molecular formula is C18H22N2O5. The third kappa shape index (κ3) is 4.12. The standard InChI is InChI=1S/C18H22N2O5/c1-12-10-13(23-2)11-16(21)20(12)9-8-19-18(22)14-6-5-7-15(24-3)17(14)25-4/h5-7,10-11H,8-9H2,1-4H3,(H,19,22). The third-order valence-corrected chi connectivity index (χ3v) is 3.81. The summed E-state index contributed by atoms with van der Waals surface area (Å²) in [5.41, 5.74) is 0.961. The molecule has 2 rings (SSSR count). The van der Waals surface area contributed by atoms with Crippen molar-refractivity contribution in [1.29, 1.82) is 0 Å². The Morgan fingerprint density at radius 3 is 2.48 bits per heavy atom. The average molecular weight is 346 g/mol. The second kappa shape index (κ2) is 8.23. The summed E-state index contributed by atoms with van der Waals surface area (Å²) in [7, 11) is 4.51. The predicted molar refractivity (Wildman–Crippen MR) is 93.9 cm³/mol. The van der Waals surface area contributed by atoms with E-state index in [1.165, 1.54) is 27.4 Å². The van der Waals surface area contributed by atoms with E-state index in [0.29, 0.717) is 35.9 Å². The first-order valence-corrected chi connectivity index (χ1v) is 7.76. The van der Waals surface area contributed by atoms with Gasteiger partial charge in [-0.15, -0.1) is 0 Å². The van der Waals surface area contributed by atoms with Crippen LogP contribution in [0.1, 0.15) is 16.1 Å². The van der Waals surface area contributed by atoms with Crippen LogP contribution >= 0.6 is 0 Å². The number of nitrogens with zero attached hydrogens (tertiary/aromatic N) is 1. The molecule has 1 amide bonds. The monoisotopic (exact) mass is 346 g/mol. The minimum atomic E-state index is -0.296. The number of aromatic nitrogens is 1. The quantitative estimate of drug-likeness (QED) is 0.824. The first-order chi connectivity index (χ1) is 12.0. The summed E-state index contributed by atoms with van der Waals surface area (Å²) in [6, 6.07) is 8.28. The Hall–Kier alpha value is -2.96. The van der Waals surface area contributed by atoms with Gasteiger partial charge >= 0.3 is 0 Å². The molecule has 1 heterocycles. The van der Waals surface area contributed by atoms with Gasteiger partial charge in [0.25, 0.3) is 11.5 Å². The number of hydrogen-bond acceptors (Lipinski definition) is 5. The minimum Gasteiger partial charge on any atom is -0.496 e. The maximum absolute atomic E-state index is 12.4. The van der Waals surface area contributed by atoms with E-state index in [-0.39, 0.29) is 11.5 Å². The highest BCUT2D eigenvalue weighted by Crippen LogP contribution is 2.30. The van der Waals surface area contributed by atoms with Crippen molar-refractivity contribution >= 4 is 5.91 Å². The van der Waals surface area contributed by atoms with E-state index >= 15 is 0 Å². The zero-order valence-electron chi connectivity index (χ0n) is 14.8. The Morgan fingerprint density at radius 1 is 1.12 bits per heavy atom. The maximum Gasteiger partial charge on any atom is 0.255 e. The molecule has 134 valence electrons. The van der Waals surface area contributed by atoms with Crippen molar-refractivity contribution in [2.75, 3.05) is 27.9 Å². The lowest BCUT2D eigenvalue weighted by Gasteiger charge is -2.14. The number of amides is 1. The van der Waals surface area contributed by atoms with Crippen LogP contribution in [0, 0.1) is 6.92 Å². The molecule has 0 saturated carbocycles. The molecule has 0 aliphatic carbocycles. The molecule has 7 heteroatoms. The van der Waals surface area contributed by atoms with Gasteiger partial charge in [-0.3, -0.25) is 9.59 Å². The fraction of sp³-hybridized carbons (Fsp3) is 0.333. The molecule has 0 aliphatic rings. The van der Waals surface area contributed by atoms with E-state index in [4.69, 9.17) is 14.2 Å². The van der Waals surface area contributed by atoms with E-state index in [1.54, 1.807) is 28.8 Å². The maximum atomic E-state index is 12.4. The van der Waals surface area contributed by atoms with Crippen LogP contribution < -0.4 is 25.1 Å². The SMILES string of the molecule is COc1cc(C)n(CCNC(=O)c2cccc(OC)c2OC)c(=O)c1. The second-order valence-corrected chi connectivity index (χ2v) is 5.32. The molecule has 1 aromatic carbocycles. The van der Waals surface area contributed by atoms with Gasteiger partial charge in [0.15, 0.2) is 11.5 Å². The summed E-state index contributed by atoms with van der Waals surface area (Å²) in [4.78, 5) is 24.5. The predicted octanol–water partition coefficient (Wildman–Crippen LogP) is 1.61. The van der Waals surface area contributed by atoms with Crippen LogP contribution in [0.4, 0.5) is 0 Å². The second-order valence-electron chi connectivity index (χ2n) is 5.32. The summed E-state index contributed by atoms with van der Waals surface area (Å²) in [5, 5.41) is 2.79. The fourth-order valence-electron chi connectivity index (χ4n) is 2.55. The molecule has 0 fully saturated rings. The van der Waals surface area contributed by atoms with E-state index in [1.807, 2.05) is 6.92 Å². The largest absolute Gasteiger partial charge is 0.496 e. The number of pyridine rings is 1. The van der Waals surface area contributed by atoms with Crippen molar-refractivity contribution in [3.05, 3.63) is 51.9 Å². The summed E-state index contributed by atoms with van der Waals surface area (Å²) in [6.07, 6.45) is 0. The third-order valence-electron chi connectivity index (χ3n) is 3.81. The number of benzene rings is 1. The highest BCUT2D eigenvalue weighted by Gasteiger charge is 2.16. The Balaban J connectivity index is 2.08. The molecule has 0 spiro atoms. The van der Waals surface area contributed by atoms with Gasteiger partial charge in [0, 0.05) is 24.8 Å². The van der Waals surface area contributed by atoms with Crippen LogP contribution in [-0.2, 0) is 6.54 Å². The van der Waals surface area contributed by atoms with Crippen LogP contribution in [0.5, 0.6) is 17.2 Å². The van der Waals surface area contributed by atoms with E-state index in [2.05, 4.69) is 5.32 Å². The highest BCUT2D eigenvalue weighted by molar-refractivity contribution is 5.97. The number of para-hydroxylation sites is 1. The van der Waals surface area contributed by atoms with Gasteiger partial charge in [0.05, 0.1) is 26.9 Å². The molecular weight excluding hydrogens is 324 g/mol. The first-order valence-electron chi connectivity index (χ1n) is 7.76. The van der Waals surface area contributed by atoms with E-state index in [9.17, 15) is 9.59 Å². The van der Waals surface area contributed by atoms with Crippen molar-refractivity contribution in [2.45, 2.75) is 13.5 Å². The van der Waals surface area contributed by atoms with Crippen LogP contribution in [0.2, 0.25) is 0 Å². The average Bonchev–Trinajstić information content (AvgIpc) is 2.62. The van der Waals surface area contributed by atoms with E-state index < -0.39 is 0 Å². The van der Waals surface area contributed by atoms with Gasteiger partial charge < -0.3 is 24.1 Å². The summed E-state index contributed by atoms with van der Waals surface area (Å²) < 4.78 is 17.1. The van der Waals surface area contributed by atoms with Gasteiger partial charge in [-0.2, -0.15) is 0 Å². The lowest BCUT2D eigenvalue weighted by molar-refractivity contribution is 0.0948. The van der Waals surface area contributed by atoms with E-state index in [0.717, 1.165) is 5.69 Å². The molecule has 7 nitrogen and oxygen atoms in total. The summed E-state index contributed by atoms with van der Waals surface area (Å²) >= 11 is 0. The molecule has 0 atom stereocenters. The normalized spacial score (nSPS) is 10.2. The van der Waals surface area contributed by atoms with Crippen molar-refractivity contribution in [2.24, 2.45) is 0 Å². The molecule has 2 aromatic rings. The van der Waals surface area contributed by atoms with Gasteiger partial charge in [0.2, 0.25) is 0 Å². The number of ether oxygens (including phenoxy) is 3. The lowest BCUT2D eigenvalue weighted by atomic mass is 10.1.